The standard InChI is InChI=1S/C48H48N2O5Si/c1-48(2,3)56(38-20-9-5-10-21-38,39-22-11-6-12-23-39)55-31-35-30-40-45(47(53)50(46(40)52)36-17-7-4-8-18-36)41-32-54-43(44(35)41)26-25-34(42-24-13-14-27-49-42)28-33-16-15-19-37(51)29-33/h4-24,27-29,40-41,43,45,51H,25-26,30-32H2,1-3H3/b34-28-/t40-,41+,43-,45-/m1/s1. The zero-order valence-electron chi connectivity index (χ0n) is 32.2. The highest BCUT2D eigenvalue weighted by molar-refractivity contribution is 6.99. The van der Waals surface area contributed by atoms with E-state index in [0.717, 1.165) is 28.0 Å². The minimum atomic E-state index is -2.93. The van der Waals surface area contributed by atoms with E-state index in [-0.39, 0.29) is 34.6 Å². The number of pyridine rings is 1. The number of fused-ring (bicyclic) bond motifs is 3. The summed E-state index contributed by atoms with van der Waals surface area (Å²) < 4.78 is 14.3. The highest BCUT2D eigenvalue weighted by Gasteiger charge is 2.58. The first kappa shape index (κ1) is 37.5. The Kier molecular flexibility index (Phi) is 10.5. The Labute approximate surface area is 330 Å². The largest absolute Gasteiger partial charge is 0.508 e. The number of carbonyl (C=O) groups is 2. The van der Waals surface area contributed by atoms with Crippen LogP contribution in [0.1, 0.15) is 51.3 Å². The normalized spacial score (nSPS) is 21.3. The molecule has 0 unspecified atom stereocenters. The van der Waals surface area contributed by atoms with Gasteiger partial charge in [-0.15, -0.1) is 0 Å². The molecule has 5 aromatic rings. The lowest BCUT2D eigenvalue weighted by molar-refractivity contribution is -0.122. The summed E-state index contributed by atoms with van der Waals surface area (Å²) in [5, 5.41) is 12.4. The van der Waals surface area contributed by atoms with E-state index in [2.05, 4.69) is 80.4 Å². The number of hydrogen-bond donors (Lipinski definition) is 1. The highest BCUT2D eigenvalue weighted by atomic mass is 28.4. The van der Waals surface area contributed by atoms with E-state index in [4.69, 9.17) is 9.16 Å². The lowest BCUT2D eigenvalue weighted by Crippen LogP contribution is -2.66. The molecule has 1 N–H and O–H groups in total. The van der Waals surface area contributed by atoms with Gasteiger partial charge in [0.2, 0.25) is 11.8 Å². The summed E-state index contributed by atoms with van der Waals surface area (Å²) in [6, 6.07) is 43.6. The molecule has 2 amide bonds. The van der Waals surface area contributed by atoms with Crippen molar-refractivity contribution in [2.45, 2.75) is 51.2 Å². The van der Waals surface area contributed by atoms with Crippen LogP contribution in [0.15, 0.2) is 151 Å². The number of imide groups is 1. The van der Waals surface area contributed by atoms with E-state index < -0.39 is 20.2 Å². The van der Waals surface area contributed by atoms with Crippen molar-refractivity contribution < 1.29 is 23.9 Å². The SMILES string of the molecule is CC(C)(C)[Si](OCC1=C2[C@@H](CC/C(=C/c3cccc(O)c3)c3ccccn3)OC[C@@H]2[C@@H]2C(=O)N(c3ccccc3)C(=O)[C@@H]2C1)(c1ccccc1)c1ccccc1. The van der Waals surface area contributed by atoms with Crippen molar-refractivity contribution in [1.82, 2.24) is 4.98 Å². The molecule has 56 heavy (non-hydrogen) atoms. The molecule has 2 fully saturated rings. The Morgan fingerprint density at radius 1 is 0.839 bits per heavy atom. The zero-order chi connectivity index (χ0) is 38.9. The summed E-state index contributed by atoms with van der Waals surface area (Å²) in [5.41, 5.74) is 5.54. The summed E-state index contributed by atoms with van der Waals surface area (Å²) in [4.78, 5) is 34.8. The second kappa shape index (κ2) is 15.6. The smallest absolute Gasteiger partial charge is 0.261 e. The summed E-state index contributed by atoms with van der Waals surface area (Å²) in [7, 11) is -2.93. The third kappa shape index (κ3) is 6.98. The number of aromatic hydroxyl groups is 1. The topological polar surface area (TPSA) is 89.0 Å². The average Bonchev–Trinajstić information content (AvgIpc) is 3.75. The second-order valence-corrected chi connectivity index (χ2v) is 20.4. The van der Waals surface area contributed by atoms with Gasteiger partial charge in [-0.3, -0.25) is 19.5 Å². The van der Waals surface area contributed by atoms with Crippen molar-refractivity contribution in [1.29, 1.82) is 0 Å². The number of ether oxygens (including phenoxy) is 1. The predicted octanol–water partition coefficient (Wildman–Crippen LogP) is 8.21. The van der Waals surface area contributed by atoms with Gasteiger partial charge in [-0.1, -0.05) is 118 Å². The summed E-state index contributed by atoms with van der Waals surface area (Å²) in [6.45, 7) is 7.51. The van der Waals surface area contributed by atoms with Gasteiger partial charge in [0, 0.05) is 12.1 Å². The Morgan fingerprint density at radius 2 is 1.50 bits per heavy atom. The van der Waals surface area contributed by atoms with E-state index in [1.807, 2.05) is 72.8 Å². The predicted molar refractivity (Wildman–Crippen MR) is 224 cm³/mol. The molecule has 0 bridgehead atoms. The molecule has 8 heteroatoms. The molecule has 284 valence electrons. The quantitative estimate of drug-likeness (QED) is 0.0830. The van der Waals surface area contributed by atoms with Crippen LogP contribution in [0.2, 0.25) is 5.04 Å². The molecule has 1 aliphatic carbocycles. The number of phenolic OH excluding ortho intramolecular Hbond substituents is 1. The van der Waals surface area contributed by atoms with Crippen LogP contribution in [0.5, 0.6) is 5.75 Å². The number of carbonyl (C=O) groups excluding carboxylic acids is 2. The van der Waals surface area contributed by atoms with Crippen LogP contribution >= 0.6 is 0 Å². The van der Waals surface area contributed by atoms with Crippen LogP contribution < -0.4 is 15.3 Å². The molecule has 2 saturated heterocycles. The number of allylic oxidation sites excluding steroid dienone is 1. The van der Waals surface area contributed by atoms with Crippen LogP contribution in [0.25, 0.3) is 11.6 Å². The first-order chi connectivity index (χ1) is 27.2. The molecule has 8 rings (SSSR count). The van der Waals surface area contributed by atoms with Gasteiger partial charge in [0.05, 0.1) is 42.5 Å². The summed E-state index contributed by atoms with van der Waals surface area (Å²) in [6.07, 6.45) is 5.33. The maximum atomic E-state index is 14.4. The zero-order valence-corrected chi connectivity index (χ0v) is 33.2. The maximum absolute atomic E-state index is 14.4. The molecular weight excluding hydrogens is 713 g/mol. The fourth-order valence-corrected chi connectivity index (χ4v) is 13.9. The molecule has 3 heterocycles. The van der Waals surface area contributed by atoms with Gasteiger partial charge in [-0.25, -0.2) is 0 Å². The number of rotatable bonds is 11. The van der Waals surface area contributed by atoms with E-state index in [1.165, 1.54) is 15.3 Å². The lowest BCUT2D eigenvalue weighted by Gasteiger charge is -2.44. The van der Waals surface area contributed by atoms with E-state index in [9.17, 15) is 14.7 Å². The Morgan fingerprint density at radius 3 is 2.12 bits per heavy atom. The maximum Gasteiger partial charge on any atom is 0.261 e. The van der Waals surface area contributed by atoms with Gasteiger partial charge < -0.3 is 14.3 Å². The van der Waals surface area contributed by atoms with Gasteiger partial charge in [-0.05, 0) is 99.4 Å². The second-order valence-electron chi connectivity index (χ2n) is 16.1. The number of benzene rings is 4. The molecule has 1 aromatic heterocycles. The average molecular weight is 761 g/mol. The van der Waals surface area contributed by atoms with E-state index >= 15 is 0 Å². The van der Waals surface area contributed by atoms with Gasteiger partial charge in [0.15, 0.2) is 0 Å². The minimum absolute atomic E-state index is 0.150. The van der Waals surface area contributed by atoms with Crippen molar-refractivity contribution in [3.8, 4) is 5.75 Å². The Balaban J connectivity index is 1.19. The van der Waals surface area contributed by atoms with Crippen LogP contribution in [0.3, 0.4) is 0 Å². The molecule has 0 spiro atoms. The fourth-order valence-electron chi connectivity index (χ4n) is 9.32. The molecule has 3 aliphatic rings. The van der Waals surface area contributed by atoms with Crippen molar-refractivity contribution in [2.24, 2.45) is 17.8 Å². The number of anilines is 1. The number of phenols is 1. The Bertz CT molecular complexity index is 2210. The third-order valence-corrected chi connectivity index (χ3v) is 16.8. The molecule has 7 nitrogen and oxygen atoms in total. The summed E-state index contributed by atoms with van der Waals surface area (Å²) in [5.74, 6) is -1.33. The first-order valence-corrected chi connectivity index (χ1v) is 21.5. The highest BCUT2D eigenvalue weighted by Crippen LogP contribution is 2.51. The molecule has 0 radical (unpaired) electrons. The van der Waals surface area contributed by atoms with Gasteiger partial charge >= 0.3 is 0 Å². The Hall–Kier alpha value is -5.41. The van der Waals surface area contributed by atoms with Crippen molar-refractivity contribution in [2.75, 3.05) is 18.1 Å². The van der Waals surface area contributed by atoms with Crippen molar-refractivity contribution in [3.05, 3.63) is 162 Å². The number of nitrogens with zero attached hydrogens (tertiary/aromatic N) is 2. The number of hydrogen-bond acceptors (Lipinski definition) is 6. The van der Waals surface area contributed by atoms with Gasteiger partial charge in [0.1, 0.15) is 5.75 Å². The molecule has 4 atom stereocenters. The van der Waals surface area contributed by atoms with Crippen LogP contribution in [-0.4, -0.2) is 49.5 Å². The monoisotopic (exact) mass is 760 g/mol. The lowest BCUT2D eigenvalue weighted by atomic mass is 9.69. The molecule has 0 saturated carbocycles. The number of aromatic nitrogens is 1. The van der Waals surface area contributed by atoms with E-state index in [1.54, 1.807) is 18.3 Å². The van der Waals surface area contributed by atoms with Crippen molar-refractivity contribution in [3.63, 3.8) is 0 Å². The van der Waals surface area contributed by atoms with Crippen LogP contribution in [0.4, 0.5) is 5.69 Å². The number of amides is 2. The van der Waals surface area contributed by atoms with Crippen molar-refractivity contribution >= 4 is 47.8 Å². The van der Waals surface area contributed by atoms with E-state index in [0.29, 0.717) is 38.2 Å². The minimum Gasteiger partial charge on any atom is -0.508 e. The first-order valence-electron chi connectivity index (χ1n) is 19.6. The number of para-hydroxylation sites is 1. The van der Waals surface area contributed by atoms with Crippen LogP contribution in [0, 0.1) is 17.8 Å². The van der Waals surface area contributed by atoms with Gasteiger partial charge in [0.25, 0.3) is 8.32 Å². The van der Waals surface area contributed by atoms with Gasteiger partial charge in [-0.2, -0.15) is 0 Å². The van der Waals surface area contributed by atoms with Crippen LogP contribution in [-0.2, 0) is 18.8 Å². The fraction of sp³-hybridized carbons (Fsp3) is 0.271. The third-order valence-electron chi connectivity index (χ3n) is 11.8. The molecule has 2 aliphatic heterocycles. The summed E-state index contributed by atoms with van der Waals surface area (Å²) >= 11 is 0. The molecule has 4 aromatic carbocycles. The molecular formula is C48H48N2O5Si.